The van der Waals surface area contributed by atoms with Crippen molar-refractivity contribution in [1.29, 1.82) is 5.26 Å². The minimum Gasteiger partial charge on any atom is -0.381 e. The molecule has 0 heterocycles. The average Bonchev–Trinajstić information content (AvgIpc) is 2.18. The minimum absolute atomic E-state index is 0.0531. The van der Waals surface area contributed by atoms with Crippen molar-refractivity contribution < 1.29 is 13.2 Å². The van der Waals surface area contributed by atoms with Crippen molar-refractivity contribution in [1.82, 2.24) is 4.31 Å². The van der Waals surface area contributed by atoms with E-state index in [1.807, 2.05) is 19.9 Å². The first-order valence-electron chi connectivity index (χ1n) is 5.01. The summed E-state index contributed by atoms with van der Waals surface area (Å²) in [5.74, 6) is -0.0531. The van der Waals surface area contributed by atoms with E-state index in [0.29, 0.717) is 19.6 Å². The van der Waals surface area contributed by atoms with Gasteiger partial charge in [0.15, 0.2) is 0 Å². The van der Waals surface area contributed by atoms with Crippen LogP contribution < -0.4 is 0 Å². The van der Waals surface area contributed by atoms with Crippen LogP contribution >= 0.6 is 0 Å². The third kappa shape index (κ3) is 5.72. The Bertz CT molecular complexity index is 295. The Morgan fingerprint density at radius 2 is 2.07 bits per heavy atom. The lowest BCUT2D eigenvalue weighted by atomic mass is 10.5. The SMILES string of the molecule is CCCN(CC#N)S(=O)(=O)CCOCC. The van der Waals surface area contributed by atoms with Crippen molar-refractivity contribution in [2.75, 3.05) is 32.1 Å². The molecule has 0 radical (unpaired) electrons. The lowest BCUT2D eigenvalue weighted by Crippen LogP contribution is -2.35. The molecule has 0 aliphatic carbocycles. The van der Waals surface area contributed by atoms with E-state index in [1.165, 1.54) is 4.31 Å². The van der Waals surface area contributed by atoms with E-state index in [0.717, 1.165) is 0 Å². The Balaban J connectivity index is 4.30. The van der Waals surface area contributed by atoms with Gasteiger partial charge in [-0.2, -0.15) is 9.57 Å². The Morgan fingerprint density at radius 3 is 2.53 bits per heavy atom. The largest absolute Gasteiger partial charge is 0.381 e. The molecule has 6 heteroatoms. The summed E-state index contributed by atoms with van der Waals surface area (Å²) in [4.78, 5) is 0. The molecular formula is C9H18N2O3S. The van der Waals surface area contributed by atoms with Crippen LogP contribution in [0.15, 0.2) is 0 Å². The van der Waals surface area contributed by atoms with E-state index in [2.05, 4.69) is 0 Å². The maximum atomic E-state index is 11.7. The molecule has 0 amide bonds. The van der Waals surface area contributed by atoms with Crippen molar-refractivity contribution in [3.63, 3.8) is 0 Å². The maximum absolute atomic E-state index is 11.7. The summed E-state index contributed by atoms with van der Waals surface area (Å²) in [5, 5.41) is 8.51. The van der Waals surface area contributed by atoms with Gasteiger partial charge in [0.05, 0.1) is 18.4 Å². The number of ether oxygens (including phenoxy) is 1. The molecule has 0 spiro atoms. The average molecular weight is 234 g/mol. The fraction of sp³-hybridized carbons (Fsp3) is 0.889. The van der Waals surface area contributed by atoms with Crippen LogP contribution in [0.4, 0.5) is 0 Å². The highest BCUT2D eigenvalue weighted by Crippen LogP contribution is 2.02. The zero-order chi connectivity index (χ0) is 11.7. The summed E-state index contributed by atoms with van der Waals surface area (Å²) < 4.78 is 29.5. The van der Waals surface area contributed by atoms with E-state index < -0.39 is 10.0 Å². The predicted octanol–water partition coefficient (Wildman–Crippen LogP) is 0.588. The number of rotatable bonds is 8. The Hall–Kier alpha value is -0.640. The fourth-order valence-electron chi connectivity index (χ4n) is 1.08. The lowest BCUT2D eigenvalue weighted by molar-refractivity contribution is 0.162. The van der Waals surface area contributed by atoms with Crippen LogP contribution in [0.2, 0.25) is 0 Å². The lowest BCUT2D eigenvalue weighted by Gasteiger charge is -2.18. The summed E-state index contributed by atoms with van der Waals surface area (Å²) in [6.45, 7) is 4.69. The molecule has 0 N–H and O–H groups in total. The van der Waals surface area contributed by atoms with E-state index in [-0.39, 0.29) is 18.9 Å². The third-order valence-electron chi connectivity index (χ3n) is 1.80. The molecule has 0 aliphatic heterocycles. The topological polar surface area (TPSA) is 70.4 Å². The van der Waals surface area contributed by atoms with Crippen molar-refractivity contribution in [2.24, 2.45) is 0 Å². The maximum Gasteiger partial charge on any atom is 0.217 e. The van der Waals surface area contributed by atoms with Crippen LogP contribution in [0, 0.1) is 11.3 Å². The van der Waals surface area contributed by atoms with Gasteiger partial charge >= 0.3 is 0 Å². The van der Waals surface area contributed by atoms with E-state index in [1.54, 1.807) is 0 Å². The minimum atomic E-state index is -3.33. The van der Waals surface area contributed by atoms with Gasteiger partial charge in [-0.05, 0) is 13.3 Å². The van der Waals surface area contributed by atoms with Crippen molar-refractivity contribution >= 4 is 10.0 Å². The van der Waals surface area contributed by atoms with Crippen LogP contribution in [-0.4, -0.2) is 44.8 Å². The molecular weight excluding hydrogens is 216 g/mol. The quantitative estimate of drug-likeness (QED) is 0.455. The summed E-state index contributed by atoms with van der Waals surface area (Å²) in [5.41, 5.74) is 0. The van der Waals surface area contributed by atoms with Gasteiger partial charge in [-0.15, -0.1) is 0 Å². The fourth-order valence-corrected chi connectivity index (χ4v) is 2.38. The molecule has 0 aliphatic rings. The number of hydrogen-bond donors (Lipinski definition) is 0. The second kappa shape index (κ2) is 7.63. The molecule has 0 atom stereocenters. The van der Waals surface area contributed by atoms with Crippen molar-refractivity contribution in [3.8, 4) is 6.07 Å². The van der Waals surface area contributed by atoms with Crippen LogP contribution in [0.5, 0.6) is 0 Å². The van der Waals surface area contributed by atoms with Gasteiger partial charge in [0.1, 0.15) is 6.54 Å². The summed E-state index contributed by atoms with van der Waals surface area (Å²) in [6, 6.07) is 1.86. The Labute approximate surface area is 91.7 Å². The smallest absolute Gasteiger partial charge is 0.217 e. The number of hydrogen-bond acceptors (Lipinski definition) is 4. The molecule has 0 aromatic carbocycles. The van der Waals surface area contributed by atoms with E-state index >= 15 is 0 Å². The molecule has 5 nitrogen and oxygen atoms in total. The van der Waals surface area contributed by atoms with E-state index in [4.69, 9.17) is 10.00 Å². The molecule has 15 heavy (non-hydrogen) atoms. The van der Waals surface area contributed by atoms with Crippen molar-refractivity contribution in [3.05, 3.63) is 0 Å². The van der Waals surface area contributed by atoms with Gasteiger partial charge < -0.3 is 4.74 Å². The summed E-state index contributed by atoms with van der Waals surface area (Å²) >= 11 is 0. The Kier molecular flexibility index (Phi) is 7.30. The van der Waals surface area contributed by atoms with Gasteiger partial charge in [-0.1, -0.05) is 6.92 Å². The normalized spacial score (nSPS) is 11.6. The van der Waals surface area contributed by atoms with Crippen LogP contribution in [0.3, 0.4) is 0 Å². The molecule has 0 saturated heterocycles. The molecule has 0 rings (SSSR count). The first-order chi connectivity index (χ1) is 7.08. The monoisotopic (exact) mass is 234 g/mol. The molecule has 0 aromatic rings. The predicted molar refractivity (Wildman–Crippen MR) is 57.8 cm³/mol. The van der Waals surface area contributed by atoms with Gasteiger partial charge in [0, 0.05) is 13.2 Å². The number of nitriles is 1. The number of sulfonamides is 1. The molecule has 88 valence electrons. The van der Waals surface area contributed by atoms with Crippen LogP contribution in [-0.2, 0) is 14.8 Å². The first-order valence-corrected chi connectivity index (χ1v) is 6.61. The molecule has 0 unspecified atom stereocenters. The van der Waals surface area contributed by atoms with Crippen LogP contribution in [0.25, 0.3) is 0 Å². The second-order valence-electron chi connectivity index (χ2n) is 3.00. The first kappa shape index (κ1) is 14.4. The zero-order valence-corrected chi connectivity index (χ0v) is 10.1. The third-order valence-corrected chi connectivity index (χ3v) is 3.58. The van der Waals surface area contributed by atoms with Gasteiger partial charge in [0.2, 0.25) is 10.0 Å². The molecule has 0 fully saturated rings. The number of nitrogens with zero attached hydrogens (tertiary/aromatic N) is 2. The highest BCUT2D eigenvalue weighted by Gasteiger charge is 2.20. The zero-order valence-electron chi connectivity index (χ0n) is 9.27. The molecule has 0 aromatic heterocycles. The van der Waals surface area contributed by atoms with Gasteiger partial charge in [-0.25, -0.2) is 8.42 Å². The molecule has 0 bridgehead atoms. The van der Waals surface area contributed by atoms with Gasteiger partial charge in [0.25, 0.3) is 0 Å². The van der Waals surface area contributed by atoms with E-state index in [9.17, 15) is 8.42 Å². The van der Waals surface area contributed by atoms with Gasteiger partial charge in [-0.3, -0.25) is 0 Å². The van der Waals surface area contributed by atoms with Crippen molar-refractivity contribution in [2.45, 2.75) is 20.3 Å². The summed E-state index contributed by atoms with van der Waals surface area (Å²) in [6.07, 6.45) is 0.704. The van der Waals surface area contributed by atoms with Crippen LogP contribution in [0.1, 0.15) is 20.3 Å². The summed E-state index contributed by atoms with van der Waals surface area (Å²) in [7, 11) is -3.33. The highest BCUT2D eigenvalue weighted by molar-refractivity contribution is 7.89. The molecule has 0 saturated carbocycles. The highest BCUT2D eigenvalue weighted by atomic mass is 32.2. The Morgan fingerprint density at radius 1 is 1.40 bits per heavy atom. The standard InChI is InChI=1S/C9H18N2O3S/c1-3-6-11(7-5-10)15(12,13)9-8-14-4-2/h3-4,6-9H2,1-2H3. The second-order valence-corrected chi connectivity index (χ2v) is 5.09.